The van der Waals surface area contributed by atoms with Crippen LogP contribution >= 0.6 is 0 Å². The van der Waals surface area contributed by atoms with Gasteiger partial charge in [0.2, 0.25) is 0 Å². The molecule has 0 aromatic heterocycles. The fourth-order valence-electron chi connectivity index (χ4n) is 17.4. The summed E-state index contributed by atoms with van der Waals surface area (Å²) in [6.07, 6.45) is 5.67. The van der Waals surface area contributed by atoms with E-state index in [1.165, 1.54) is 165 Å². The molecule has 0 saturated carbocycles. The van der Waals surface area contributed by atoms with Gasteiger partial charge in [-0.1, -0.05) is 186 Å². The number of hydrogen-bond donors (Lipinski definition) is 0. The Hall–Kier alpha value is -6.58. The van der Waals surface area contributed by atoms with Crippen molar-refractivity contribution >= 4 is 57.2 Å². The standard InChI is InChI=1S/C74H75BN2/c1-43-34-52-54(70(7,8)32-30-68(52,3)4)39-60(43)76-59-29-28-48-47-24-18-19-25-49(47)74(14)42-73(13)51-27-21-20-26-50(51)72(11,12)56-41-62-58(38-57(56)73)75(67(59)65(48)74)66-63(76)36-46(45-22-16-15-17-23-45)37-64(66)77(62)61-40-55-53(35-44(61)2)69(5,6)31-33-71(55,9)10/h15-29,34-41H,30-33,42H2,1-14H3. The van der Waals surface area contributed by atoms with Gasteiger partial charge in [0.05, 0.1) is 0 Å². The van der Waals surface area contributed by atoms with Crippen LogP contribution in [0.25, 0.3) is 22.3 Å². The van der Waals surface area contributed by atoms with Crippen LogP contribution in [0.3, 0.4) is 0 Å². The first kappa shape index (κ1) is 47.6. The van der Waals surface area contributed by atoms with Gasteiger partial charge in [0.15, 0.2) is 0 Å². The molecule has 2 nitrogen and oxygen atoms in total. The summed E-state index contributed by atoms with van der Waals surface area (Å²) in [7, 11) is 0. The second-order valence-corrected chi connectivity index (χ2v) is 28.7. The first-order chi connectivity index (χ1) is 36.5. The number of hydrogen-bond acceptors (Lipinski definition) is 2. The Bertz CT molecular complexity index is 3960. The van der Waals surface area contributed by atoms with Gasteiger partial charge in [-0.05, 0) is 209 Å². The zero-order chi connectivity index (χ0) is 53.5. The minimum Gasteiger partial charge on any atom is -0.311 e. The summed E-state index contributed by atoms with van der Waals surface area (Å²) < 4.78 is 0. The Balaban J connectivity index is 1.15. The second kappa shape index (κ2) is 15.0. The van der Waals surface area contributed by atoms with Crippen LogP contribution in [0.5, 0.6) is 0 Å². The maximum absolute atomic E-state index is 2.79. The number of aryl methyl sites for hydroxylation is 2. The molecule has 2 bridgehead atoms. The van der Waals surface area contributed by atoms with Crippen molar-refractivity contribution < 1.29 is 0 Å². The molecule has 2 unspecified atom stereocenters. The largest absolute Gasteiger partial charge is 0.311 e. The molecule has 3 aliphatic heterocycles. The van der Waals surface area contributed by atoms with Crippen molar-refractivity contribution in [3.63, 3.8) is 0 Å². The third-order valence-corrected chi connectivity index (χ3v) is 21.8. The molecular formula is C74H75BN2. The molecule has 3 heterocycles. The van der Waals surface area contributed by atoms with E-state index in [0.29, 0.717) is 0 Å². The molecule has 3 heteroatoms. The highest BCUT2D eigenvalue weighted by Crippen LogP contribution is 2.63. The van der Waals surface area contributed by atoms with Gasteiger partial charge in [0.25, 0.3) is 6.71 Å². The highest BCUT2D eigenvalue weighted by atomic mass is 15.2. The smallest absolute Gasteiger partial charge is 0.252 e. The molecule has 384 valence electrons. The predicted octanol–water partition coefficient (Wildman–Crippen LogP) is 17.4. The van der Waals surface area contributed by atoms with Crippen LogP contribution in [-0.2, 0) is 37.9 Å². The molecule has 7 aliphatic rings. The lowest BCUT2D eigenvalue weighted by Crippen LogP contribution is -2.63. The molecule has 0 amide bonds. The summed E-state index contributed by atoms with van der Waals surface area (Å²) in [5.74, 6) is 0. The second-order valence-electron chi connectivity index (χ2n) is 28.7. The van der Waals surface area contributed by atoms with Crippen LogP contribution in [0.15, 0.2) is 140 Å². The monoisotopic (exact) mass is 1000 g/mol. The SMILES string of the molecule is Cc1cc2c(cc1N1c3cc4c5cc3B3c6c1cc(-c1ccccc1)cc6N(c1cc6c(cc1C)C(C)(C)CCC6(C)C)c1ccc6c(c13)C(C)(CC5(C)c1ccccc1C4(C)C)c1ccccc1-6)C(C)(C)CCC2(C)C. The molecule has 4 aliphatic carbocycles. The quantitative estimate of drug-likeness (QED) is 0.163. The first-order valence-corrected chi connectivity index (χ1v) is 29.2. The van der Waals surface area contributed by atoms with Crippen LogP contribution in [0.2, 0.25) is 0 Å². The fraction of sp³-hybridized carbons (Fsp3) is 0.351. The van der Waals surface area contributed by atoms with Gasteiger partial charge in [-0.3, -0.25) is 0 Å². The first-order valence-electron chi connectivity index (χ1n) is 29.2. The van der Waals surface area contributed by atoms with Crippen molar-refractivity contribution in [2.24, 2.45) is 0 Å². The summed E-state index contributed by atoms with van der Waals surface area (Å²) in [4.78, 5) is 5.58. The van der Waals surface area contributed by atoms with Crippen molar-refractivity contribution in [1.82, 2.24) is 0 Å². The molecule has 8 aromatic carbocycles. The van der Waals surface area contributed by atoms with E-state index in [-0.39, 0.29) is 44.6 Å². The summed E-state index contributed by atoms with van der Waals surface area (Å²) >= 11 is 0. The normalized spacial score (nSPS) is 23.0. The Morgan fingerprint density at radius 2 is 0.844 bits per heavy atom. The van der Waals surface area contributed by atoms with Crippen LogP contribution < -0.4 is 26.2 Å². The van der Waals surface area contributed by atoms with Gasteiger partial charge in [-0.2, -0.15) is 0 Å². The van der Waals surface area contributed by atoms with Crippen LogP contribution in [0, 0.1) is 13.8 Å². The third-order valence-electron chi connectivity index (χ3n) is 21.8. The highest BCUT2D eigenvalue weighted by molar-refractivity contribution is 7.00. The molecule has 0 saturated heterocycles. The number of nitrogens with zero attached hydrogens (tertiary/aromatic N) is 2. The molecule has 0 N–H and O–H groups in total. The maximum atomic E-state index is 2.79. The van der Waals surface area contributed by atoms with E-state index in [9.17, 15) is 0 Å². The predicted molar refractivity (Wildman–Crippen MR) is 327 cm³/mol. The fourth-order valence-corrected chi connectivity index (χ4v) is 17.4. The molecule has 0 spiro atoms. The van der Waals surface area contributed by atoms with Crippen LogP contribution in [0.4, 0.5) is 34.1 Å². The molecule has 77 heavy (non-hydrogen) atoms. The van der Waals surface area contributed by atoms with E-state index in [0.717, 1.165) is 6.42 Å². The van der Waals surface area contributed by atoms with Gasteiger partial charge < -0.3 is 9.80 Å². The van der Waals surface area contributed by atoms with E-state index in [1.54, 1.807) is 0 Å². The van der Waals surface area contributed by atoms with Crippen LogP contribution in [0.1, 0.15) is 182 Å². The zero-order valence-corrected chi connectivity index (χ0v) is 48.3. The Morgan fingerprint density at radius 3 is 1.43 bits per heavy atom. The number of rotatable bonds is 3. The molecule has 2 atom stereocenters. The third kappa shape index (κ3) is 6.05. The molecule has 0 radical (unpaired) electrons. The Labute approximate surface area is 460 Å². The lowest BCUT2D eigenvalue weighted by molar-refractivity contribution is 0.332. The van der Waals surface area contributed by atoms with Gasteiger partial charge in [0, 0.05) is 50.4 Å². The van der Waals surface area contributed by atoms with Crippen molar-refractivity contribution in [3.8, 4) is 22.3 Å². The van der Waals surface area contributed by atoms with Crippen LogP contribution in [-0.4, -0.2) is 6.71 Å². The molecule has 15 rings (SSSR count). The maximum Gasteiger partial charge on any atom is 0.252 e. The van der Waals surface area contributed by atoms with E-state index in [1.807, 2.05) is 0 Å². The van der Waals surface area contributed by atoms with E-state index in [4.69, 9.17) is 0 Å². The summed E-state index contributed by atoms with van der Waals surface area (Å²) in [6, 6.07) is 56.6. The van der Waals surface area contributed by atoms with E-state index in [2.05, 4.69) is 246 Å². The van der Waals surface area contributed by atoms with E-state index < -0.39 is 0 Å². The summed E-state index contributed by atoms with van der Waals surface area (Å²) in [5, 5.41) is 0. The van der Waals surface area contributed by atoms with Crippen molar-refractivity contribution in [2.75, 3.05) is 9.80 Å². The topological polar surface area (TPSA) is 6.48 Å². The van der Waals surface area contributed by atoms with E-state index >= 15 is 0 Å². The lowest BCUT2D eigenvalue weighted by Gasteiger charge is -2.49. The number of fused-ring (bicyclic) bond motifs is 7. The number of anilines is 6. The van der Waals surface area contributed by atoms with Gasteiger partial charge in [-0.15, -0.1) is 0 Å². The summed E-state index contributed by atoms with van der Waals surface area (Å²) in [5.41, 5.74) is 34.4. The molecule has 0 fully saturated rings. The van der Waals surface area contributed by atoms with Gasteiger partial charge in [-0.25, -0.2) is 0 Å². The zero-order valence-electron chi connectivity index (χ0n) is 48.3. The Morgan fingerprint density at radius 1 is 0.351 bits per heavy atom. The highest BCUT2D eigenvalue weighted by Gasteiger charge is 2.57. The minimum atomic E-state index is -0.320. The average Bonchev–Trinajstić information content (AvgIpc) is 3.90. The van der Waals surface area contributed by atoms with Crippen molar-refractivity contribution in [3.05, 3.63) is 206 Å². The Kier molecular flexibility index (Phi) is 9.25. The average molecular weight is 1000 g/mol. The van der Waals surface area contributed by atoms with Gasteiger partial charge in [0.1, 0.15) is 0 Å². The molecular weight excluding hydrogens is 928 g/mol. The number of benzene rings is 8. The molecule has 8 aromatic rings. The summed E-state index contributed by atoms with van der Waals surface area (Å²) in [6.45, 7) is 35.0. The minimum absolute atomic E-state index is 0.0274. The van der Waals surface area contributed by atoms with Gasteiger partial charge >= 0.3 is 0 Å². The van der Waals surface area contributed by atoms with Crippen molar-refractivity contribution in [2.45, 2.75) is 167 Å². The van der Waals surface area contributed by atoms with Crippen molar-refractivity contribution in [1.29, 1.82) is 0 Å². The lowest BCUT2D eigenvalue weighted by atomic mass is 9.32.